The van der Waals surface area contributed by atoms with Gasteiger partial charge in [-0.05, 0) is 91.0 Å². The first-order valence-corrected chi connectivity index (χ1v) is 11.5. The molecule has 1 aliphatic rings. The molecule has 1 aliphatic heterocycles. The first-order valence-electron chi connectivity index (χ1n) is 10.7. The van der Waals surface area contributed by atoms with Crippen LogP contribution in [0, 0.1) is 13.8 Å². The highest BCUT2D eigenvalue weighted by Gasteiger charge is 2.33. The second kappa shape index (κ2) is 9.88. The number of phenols is 1. The van der Waals surface area contributed by atoms with Crippen LogP contribution >= 0.6 is 11.8 Å². The van der Waals surface area contributed by atoms with Crippen LogP contribution < -0.4 is 0 Å². The summed E-state index contributed by atoms with van der Waals surface area (Å²) in [6.45, 7) is 4.34. The fourth-order valence-electron chi connectivity index (χ4n) is 3.71. The van der Waals surface area contributed by atoms with Gasteiger partial charge in [0.1, 0.15) is 5.75 Å². The van der Waals surface area contributed by atoms with Gasteiger partial charge in [0.25, 0.3) is 5.91 Å². The van der Waals surface area contributed by atoms with Gasteiger partial charge >= 0.3 is 0 Å². The van der Waals surface area contributed by atoms with Crippen LogP contribution in [0.2, 0.25) is 0 Å². The fraction of sp³-hybridized carbons (Fsp3) is 0.185. The molecule has 0 aromatic heterocycles. The van der Waals surface area contributed by atoms with Gasteiger partial charge in [0, 0.05) is 6.54 Å². The lowest BCUT2D eigenvalue weighted by Crippen LogP contribution is -2.30. The summed E-state index contributed by atoms with van der Waals surface area (Å²) in [4.78, 5) is 20.5. The Bertz CT molecular complexity index is 1150. The van der Waals surface area contributed by atoms with Gasteiger partial charge in [0.05, 0.1) is 10.6 Å². The van der Waals surface area contributed by atoms with Gasteiger partial charge in [-0.15, -0.1) is 0 Å². The van der Waals surface area contributed by atoms with E-state index in [1.165, 1.54) is 17.3 Å². The number of aliphatic imine (C=N–C) groups is 1. The zero-order chi connectivity index (χ0) is 22.5. The molecular weight excluding hydrogens is 416 g/mol. The third-order valence-corrected chi connectivity index (χ3v) is 6.38. The smallest absolute Gasteiger partial charge is 0.266 e. The topological polar surface area (TPSA) is 52.9 Å². The van der Waals surface area contributed by atoms with Crippen molar-refractivity contribution in [2.24, 2.45) is 4.99 Å². The van der Waals surface area contributed by atoms with E-state index in [-0.39, 0.29) is 5.91 Å². The Morgan fingerprint density at radius 1 is 0.969 bits per heavy atom. The Morgan fingerprint density at radius 2 is 1.59 bits per heavy atom. The molecular formula is C27H26N2O2S. The number of amides is 1. The van der Waals surface area contributed by atoms with E-state index in [1.807, 2.05) is 80.6 Å². The van der Waals surface area contributed by atoms with Crippen molar-refractivity contribution in [2.75, 3.05) is 6.54 Å². The zero-order valence-electron chi connectivity index (χ0n) is 18.3. The molecule has 0 radical (unpaired) electrons. The Morgan fingerprint density at radius 3 is 2.25 bits per heavy atom. The number of para-hydroxylation sites is 1. The standard InChI is InChI=1S/C27H26N2O2S/c1-19-16-22(17-20(2)25(19)30)18-24-26(31)29(15-9-12-21-10-5-3-6-11-21)27(32-24)28-23-13-7-4-8-14-23/h3-8,10-11,13-14,16-18,30H,9,12,15H2,1-2H3/b24-18-,28-27?. The van der Waals surface area contributed by atoms with Gasteiger partial charge in [0.2, 0.25) is 0 Å². The molecule has 0 aliphatic carbocycles. The number of hydrogen-bond acceptors (Lipinski definition) is 4. The van der Waals surface area contributed by atoms with Crippen molar-refractivity contribution in [1.29, 1.82) is 0 Å². The second-order valence-electron chi connectivity index (χ2n) is 7.89. The maximum atomic E-state index is 13.3. The maximum absolute atomic E-state index is 13.3. The summed E-state index contributed by atoms with van der Waals surface area (Å²) in [5, 5.41) is 10.8. The lowest BCUT2D eigenvalue weighted by Gasteiger charge is -2.15. The van der Waals surface area contributed by atoms with Crippen molar-refractivity contribution < 1.29 is 9.90 Å². The molecule has 4 nitrogen and oxygen atoms in total. The summed E-state index contributed by atoms with van der Waals surface area (Å²) in [6.07, 6.45) is 3.66. The summed E-state index contributed by atoms with van der Waals surface area (Å²) in [5.74, 6) is 0.271. The second-order valence-corrected chi connectivity index (χ2v) is 8.90. The summed E-state index contributed by atoms with van der Waals surface area (Å²) in [5.41, 5.74) is 4.59. The number of aryl methyl sites for hydroxylation is 3. The van der Waals surface area contributed by atoms with Crippen LogP contribution in [0.15, 0.2) is 82.7 Å². The summed E-state index contributed by atoms with van der Waals surface area (Å²) in [6, 6.07) is 23.8. The normalized spacial score (nSPS) is 16.3. The quantitative estimate of drug-likeness (QED) is 0.459. The fourth-order valence-corrected chi connectivity index (χ4v) is 4.74. The highest BCUT2D eigenvalue weighted by atomic mass is 32.2. The van der Waals surface area contributed by atoms with Crippen molar-refractivity contribution in [3.05, 3.63) is 100.0 Å². The van der Waals surface area contributed by atoms with Gasteiger partial charge in [0.15, 0.2) is 5.17 Å². The number of aromatic hydroxyl groups is 1. The Kier molecular flexibility index (Phi) is 6.76. The summed E-state index contributed by atoms with van der Waals surface area (Å²) >= 11 is 1.40. The van der Waals surface area contributed by atoms with E-state index in [0.29, 0.717) is 22.4 Å². The number of amidine groups is 1. The Labute approximate surface area is 193 Å². The molecule has 1 fully saturated rings. The average molecular weight is 443 g/mol. The molecule has 162 valence electrons. The predicted octanol–water partition coefficient (Wildman–Crippen LogP) is 6.25. The van der Waals surface area contributed by atoms with E-state index in [1.54, 1.807) is 4.90 Å². The summed E-state index contributed by atoms with van der Waals surface area (Å²) < 4.78 is 0. The third-order valence-electron chi connectivity index (χ3n) is 5.37. The number of carbonyl (C=O) groups is 1. The Hall–Kier alpha value is -3.31. The van der Waals surface area contributed by atoms with Crippen LogP contribution in [-0.4, -0.2) is 27.6 Å². The molecule has 5 heteroatoms. The van der Waals surface area contributed by atoms with Gasteiger partial charge in [-0.25, -0.2) is 4.99 Å². The molecule has 0 bridgehead atoms. The van der Waals surface area contributed by atoms with Gasteiger partial charge in [-0.1, -0.05) is 48.5 Å². The number of phenolic OH excluding ortho intramolecular Hbond substituents is 1. The molecule has 1 heterocycles. The molecule has 1 N–H and O–H groups in total. The monoisotopic (exact) mass is 442 g/mol. The van der Waals surface area contributed by atoms with Crippen molar-refractivity contribution in [2.45, 2.75) is 26.7 Å². The molecule has 32 heavy (non-hydrogen) atoms. The number of hydrogen-bond donors (Lipinski definition) is 1. The van der Waals surface area contributed by atoms with Gasteiger partial charge in [-0.3, -0.25) is 9.69 Å². The van der Waals surface area contributed by atoms with E-state index in [0.717, 1.165) is 35.2 Å². The van der Waals surface area contributed by atoms with Gasteiger partial charge in [-0.2, -0.15) is 0 Å². The third kappa shape index (κ3) is 5.11. The van der Waals surface area contributed by atoms with Crippen LogP contribution in [0.3, 0.4) is 0 Å². The molecule has 1 amide bonds. The summed E-state index contributed by atoms with van der Waals surface area (Å²) in [7, 11) is 0. The average Bonchev–Trinajstić information content (AvgIpc) is 3.07. The maximum Gasteiger partial charge on any atom is 0.266 e. The molecule has 0 atom stereocenters. The Balaban J connectivity index is 1.60. The number of thioether (sulfide) groups is 1. The first-order chi connectivity index (χ1) is 15.5. The lowest BCUT2D eigenvalue weighted by molar-refractivity contribution is -0.122. The number of carbonyl (C=O) groups excluding carboxylic acids is 1. The predicted molar refractivity (Wildman–Crippen MR) is 133 cm³/mol. The highest BCUT2D eigenvalue weighted by molar-refractivity contribution is 8.18. The number of benzene rings is 3. The number of nitrogens with zero attached hydrogens (tertiary/aromatic N) is 2. The van der Waals surface area contributed by atoms with E-state index < -0.39 is 0 Å². The van der Waals surface area contributed by atoms with Crippen LogP contribution in [0.5, 0.6) is 5.75 Å². The molecule has 0 unspecified atom stereocenters. The minimum Gasteiger partial charge on any atom is -0.507 e. The first kappa shape index (κ1) is 21.9. The lowest BCUT2D eigenvalue weighted by atomic mass is 10.1. The molecule has 3 aromatic rings. The molecule has 0 spiro atoms. The van der Waals surface area contributed by atoms with E-state index >= 15 is 0 Å². The van der Waals surface area contributed by atoms with Crippen LogP contribution in [0.1, 0.15) is 28.7 Å². The van der Waals surface area contributed by atoms with E-state index in [9.17, 15) is 9.90 Å². The molecule has 3 aromatic carbocycles. The van der Waals surface area contributed by atoms with Gasteiger partial charge < -0.3 is 5.11 Å². The largest absolute Gasteiger partial charge is 0.507 e. The SMILES string of the molecule is Cc1cc(/C=C2\SC(=Nc3ccccc3)N(CCCc3ccccc3)C2=O)cc(C)c1O. The van der Waals surface area contributed by atoms with Crippen molar-refractivity contribution in [3.63, 3.8) is 0 Å². The molecule has 1 saturated heterocycles. The van der Waals surface area contributed by atoms with Crippen LogP contribution in [-0.2, 0) is 11.2 Å². The van der Waals surface area contributed by atoms with Crippen molar-refractivity contribution >= 4 is 34.6 Å². The van der Waals surface area contributed by atoms with Crippen LogP contribution in [0.4, 0.5) is 5.69 Å². The van der Waals surface area contributed by atoms with E-state index in [4.69, 9.17) is 4.99 Å². The minimum atomic E-state index is -0.0267. The zero-order valence-corrected chi connectivity index (χ0v) is 19.1. The minimum absolute atomic E-state index is 0.0267. The highest BCUT2D eigenvalue weighted by Crippen LogP contribution is 2.35. The van der Waals surface area contributed by atoms with E-state index in [2.05, 4.69) is 12.1 Å². The van der Waals surface area contributed by atoms with Crippen LogP contribution in [0.25, 0.3) is 6.08 Å². The molecule has 4 rings (SSSR count). The molecule has 0 saturated carbocycles. The number of rotatable bonds is 6. The van der Waals surface area contributed by atoms with Crippen molar-refractivity contribution in [1.82, 2.24) is 4.90 Å². The van der Waals surface area contributed by atoms with Crippen molar-refractivity contribution in [3.8, 4) is 5.75 Å².